The van der Waals surface area contributed by atoms with Gasteiger partial charge < -0.3 is 9.47 Å². The quantitative estimate of drug-likeness (QED) is 0.584. The van der Waals surface area contributed by atoms with E-state index < -0.39 is 0 Å². The lowest BCUT2D eigenvalue weighted by molar-refractivity contribution is -0.0943. The van der Waals surface area contributed by atoms with E-state index in [0.717, 1.165) is 26.2 Å². The van der Waals surface area contributed by atoms with Crippen LogP contribution < -0.4 is 0 Å². The van der Waals surface area contributed by atoms with Crippen LogP contribution in [0.2, 0.25) is 0 Å². The summed E-state index contributed by atoms with van der Waals surface area (Å²) >= 11 is 0. The molecule has 1 aliphatic heterocycles. The van der Waals surface area contributed by atoms with Crippen LogP contribution in [-0.2, 0) is 9.47 Å². The molecule has 0 bridgehead atoms. The van der Waals surface area contributed by atoms with Gasteiger partial charge in [0.25, 0.3) is 0 Å². The second-order valence-corrected chi connectivity index (χ2v) is 3.20. The van der Waals surface area contributed by atoms with Gasteiger partial charge in [0.05, 0.1) is 25.9 Å². The lowest BCUT2D eigenvalue weighted by Gasteiger charge is -2.24. The Morgan fingerprint density at radius 2 is 2.20 bits per heavy atom. The lowest BCUT2D eigenvalue weighted by Crippen LogP contribution is -2.29. The lowest BCUT2D eigenvalue weighted by atomic mass is 10.1. The molecule has 0 N–H and O–H groups in total. The molecule has 0 aromatic rings. The fourth-order valence-corrected chi connectivity index (χ4v) is 1.20. The van der Waals surface area contributed by atoms with Crippen molar-refractivity contribution < 1.29 is 9.47 Å². The molecule has 1 rings (SSSR count). The maximum atomic E-state index is 5.46. The van der Waals surface area contributed by atoms with Gasteiger partial charge in [0, 0.05) is 0 Å². The monoisotopic (exact) mass is 144 g/mol. The SMILES string of the molecule is CC(C)C[C@H]1COCCO1. The third-order valence-corrected chi connectivity index (χ3v) is 1.62. The maximum absolute atomic E-state index is 5.46. The zero-order valence-electron chi connectivity index (χ0n) is 6.80. The minimum atomic E-state index is 0.355. The van der Waals surface area contributed by atoms with Gasteiger partial charge in [0.15, 0.2) is 0 Å². The number of rotatable bonds is 2. The number of ether oxygens (including phenoxy) is 2. The van der Waals surface area contributed by atoms with Crippen LogP contribution in [0.15, 0.2) is 0 Å². The molecule has 0 unspecified atom stereocenters. The number of hydrogen-bond donors (Lipinski definition) is 0. The Kier molecular flexibility index (Phi) is 3.16. The van der Waals surface area contributed by atoms with Crippen molar-refractivity contribution in [2.45, 2.75) is 26.4 Å². The fourth-order valence-electron chi connectivity index (χ4n) is 1.20. The van der Waals surface area contributed by atoms with Crippen molar-refractivity contribution >= 4 is 0 Å². The summed E-state index contributed by atoms with van der Waals surface area (Å²) in [5, 5.41) is 0. The van der Waals surface area contributed by atoms with E-state index >= 15 is 0 Å². The van der Waals surface area contributed by atoms with Gasteiger partial charge >= 0.3 is 0 Å². The van der Waals surface area contributed by atoms with Gasteiger partial charge in [-0.3, -0.25) is 0 Å². The van der Waals surface area contributed by atoms with Crippen LogP contribution in [-0.4, -0.2) is 25.9 Å². The highest BCUT2D eigenvalue weighted by atomic mass is 16.6. The van der Waals surface area contributed by atoms with Crippen LogP contribution in [0.1, 0.15) is 20.3 Å². The summed E-state index contributed by atoms with van der Waals surface area (Å²) in [6.45, 7) is 6.75. The highest BCUT2D eigenvalue weighted by Gasteiger charge is 2.14. The molecule has 1 saturated heterocycles. The van der Waals surface area contributed by atoms with Crippen LogP contribution in [0.4, 0.5) is 0 Å². The van der Waals surface area contributed by atoms with E-state index in [2.05, 4.69) is 13.8 Å². The molecule has 2 heteroatoms. The Bertz CT molecular complexity index is 85.3. The van der Waals surface area contributed by atoms with Gasteiger partial charge in [-0.2, -0.15) is 0 Å². The Labute approximate surface area is 62.5 Å². The van der Waals surface area contributed by atoms with Crippen LogP contribution >= 0.6 is 0 Å². The molecule has 0 saturated carbocycles. The van der Waals surface area contributed by atoms with Gasteiger partial charge in [-0.1, -0.05) is 13.8 Å². The van der Waals surface area contributed by atoms with Crippen molar-refractivity contribution in [2.24, 2.45) is 5.92 Å². The molecule has 0 radical (unpaired) electrons. The largest absolute Gasteiger partial charge is 0.376 e. The summed E-state index contributed by atoms with van der Waals surface area (Å²) in [6.07, 6.45) is 1.48. The standard InChI is InChI=1S/C8H16O2/c1-7(2)5-8-6-9-3-4-10-8/h7-8H,3-6H2,1-2H3/t8-/m0/s1. The Hall–Kier alpha value is -0.0800. The molecule has 60 valence electrons. The zero-order valence-corrected chi connectivity index (χ0v) is 6.80. The van der Waals surface area contributed by atoms with E-state index in [4.69, 9.17) is 9.47 Å². The molecular weight excluding hydrogens is 128 g/mol. The summed E-state index contributed by atoms with van der Waals surface area (Å²) in [4.78, 5) is 0. The average molecular weight is 144 g/mol. The van der Waals surface area contributed by atoms with Gasteiger partial charge in [0.2, 0.25) is 0 Å². The summed E-state index contributed by atoms with van der Waals surface area (Å²) in [6, 6.07) is 0. The minimum Gasteiger partial charge on any atom is -0.376 e. The molecule has 0 spiro atoms. The van der Waals surface area contributed by atoms with Gasteiger partial charge in [-0.25, -0.2) is 0 Å². The van der Waals surface area contributed by atoms with Crippen molar-refractivity contribution in [1.82, 2.24) is 0 Å². The molecule has 0 amide bonds. The van der Waals surface area contributed by atoms with E-state index in [9.17, 15) is 0 Å². The maximum Gasteiger partial charge on any atom is 0.0812 e. The topological polar surface area (TPSA) is 18.5 Å². The second kappa shape index (κ2) is 3.94. The van der Waals surface area contributed by atoms with Crippen LogP contribution in [0.25, 0.3) is 0 Å². The fraction of sp³-hybridized carbons (Fsp3) is 1.00. The van der Waals surface area contributed by atoms with Crippen molar-refractivity contribution in [3.05, 3.63) is 0 Å². The van der Waals surface area contributed by atoms with Crippen molar-refractivity contribution in [1.29, 1.82) is 0 Å². The molecule has 10 heavy (non-hydrogen) atoms. The summed E-state index contributed by atoms with van der Waals surface area (Å²) in [5.41, 5.74) is 0. The van der Waals surface area contributed by atoms with E-state index in [1.54, 1.807) is 0 Å². The van der Waals surface area contributed by atoms with Crippen molar-refractivity contribution in [3.8, 4) is 0 Å². The highest BCUT2D eigenvalue weighted by Crippen LogP contribution is 2.11. The third-order valence-electron chi connectivity index (χ3n) is 1.62. The molecule has 1 aliphatic rings. The molecule has 0 aromatic carbocycles. The first-order valence-corrected chi connectivity index (χ1v) is 3.98. The van der Waals surface area contributed by atoms with E-state index in [0.29, 0.717) is 12.0 Å². The molecule has 0 aliphatic carbocycles. The Balaban J connectivity index is 2.13. The molecule has 2 nitrogen and oxygen atoms in total. The molecule has 0 aromatic heterocycles. The van der Waals surface area contributed by atoms with E-state index in [-0.39, 0.29) is 0 Å². The van der Waals surface area contributed by atoms with E-state index in [1.807, 2.05) is 0 Å². The Morgan fingerprint density at radius 3 is 2.70 bits per heavy atom. The molecular formula is C8H16O2. The highest BCUT2D eigenvalue weighted by molar-refractivity contribution is 4.62. The summed E-state index contributed by atoms with van der Waals surface area (Å²) < 4.78 is 10.7. The van der Waals surface area contributed by atoms with Crippen molar-refractivity contribution in [2.75, 3.05) is 19.8 Å². The predicted octanol–water partition coefficient (Wildman–Crippen LogP) is 1.45. The van der Waals surface area contributed by atoms with Crippen LogP contribution in [0.5, 0.6) is 0 Å². The minimum absolute atomic E-state index is 0.355. The van der Waals surface area contributed by atoms with Gasteiger partial charge in [-0.15, -0.1) is 0 Å². The van der Waals surface area contributed by atoms with E-state index in [1.165, 1.54) is 0 Å². The smallest absolute Gasteiger partial charge is 0.0812 e. The summed E-state index contributed by atoms with van der Waals surface area (Å²) in [7, 11) is 0. The summed E-state index contributed by atoms with van der Waals surface area (Å²) in [5.74, 6) is 0.715. The average Bonchev–Trinajstić information content (AvgIpc) is 1.88. The predicted molar refractivity (Wildman–Crippen MR) is 40.0 cm³/mol. The normalized spacial score (nSPS) is 27.3. The van der Waals surface area contributed by atoms with Gasteiger partial charge in [-0.05, 0) is 12.3 Å². The zero-order chi connectivity index (χ0) is 7.40. The van der Waals surface area contributed by atoms with Gasteiger partial charge in [0.1, 0.15) is 0 Å². The Morgan fingerprint density at radius 1 is 1.40 bits per heavy atom. The first kappa shape index (κ1) is 8.02. The van der Waals surface area contributed by atoms with Crippen LogP contribution in [0, 0.1) is 5.92 Å². The number of hydrogen-bond acceptors (Lipinski definition) is 2. The third kappa shape index (κ3) is 2.67. The first-order chi connectivity index (χ1) is 4.79. The molecule has 1 fully saturated rings. The van der Waals surface area contributed by atoms with Crippen molar-refractivity contribution in [3.63, 3.8) is 0 Å². The molecule has 1 atom stereocenters. The molecule has 1 heterocycles. The van der Waals surface area contributed by atoms with Crippen LogP contribution in [0.3, 0.4) is 0 Å². The first-order valence-electron chi connectivity index (χ1n) is 3.98. The second-order valence-electron chi connectivity index (χ2n) is 3.20.